The summed E-state index contributed by atoms with van der Waals surface area (Å²) in [5.41, 5.74) is 0. The van der Waals surface area contributed by atoms with Crippen LogP contribution in [0.5, 0.6) is 0 Å². The Hall–Kier alpha value is -0.0800. The van der Waals surface area contributed by atoms with E-state index in [9.17, 15) is 0 Å². The Kier molecular flexibility index (Phi) is 12.3. The van der Waals surface area contributed by atoms with Gasteiger partial charge < -0.3 is 10.1 Å². The smallest absolute Gasteiger partial charge is 0.0696 e. The lowest BCUT2D eigenvalue weighted by Gasteiger charge is -2.17. The van der Waals surface area contributed by atoms with E-state index in [1.807, 2.05) is 0 Å². The number of ether oxygens (including phenoxy) is 1. The standard InChI is InChI=1S/C15H33NO/c1-5-7-8-9-10-11-17-15(6-2)13-16-12-14(3)4/h14-16H,5-13H2,1-4H3. The largest absolute Gasteiger partial charge is 0.377 e. The molecule has 0 aliphatic carbocycles. The van der Waals surface area contributed by atoms with Crippen LogP contribution in [0.3, 0.4) is 0 Å². The van der Waals surface area contributed by atoms with Crippen LogP contribution < -0.4 is 5.32 Å². The quantitative estimate of drug-likeness (QED) is 0.523. The van der Waals surface area contributed by atoms with Crippen molar-refractivity contribution in [3.05, 3.63) is 0 Å². The molecule has 1 N–H and O–H groups in total. The molecule has 0 aromatic rings. The molecule has 0 spiro atoms. The fraction of sp³-hybridized carbons (Fsp3) is 1.00. The summed E-state index contributed by atoms with van der Waals surface area (Å²) >= 11 is 0. The fourth-order valence-electron chi connectivity index (χ4n) is 1.81. The van der Waals surface area contributed by atoms with E-state index in [4.69, 9.17) is 4.74 Å². The van der Waals surface area contributed by atoms with Gasteiger partial charge in [-0.05, 0) is 25.3 Å². The number of hydrogen-bond donors (Lipinski definition) is 1. The van der Waals surface area contributed by atoms with E-state index < -0.39 is 0 Å². The number of hydrogen-bond acceptors (Lipinski definition) is 2. The minimum Gasteiger partial charge on any atom is -0.377 e. The Bertz CT molecular complexity index is 148. The van der Waals surface area contributed by atoms with Gasteiger partial charge >= 0.3 is 0 Å². The Balaban J connectivity index is 3.35. The maximum atomic E-state index is 5.89. The molecule has 17 heavy (non-hydrogen) atoms. The van der Waals surface area contributed by atoms with Crippen LogP contribution in [-0.4, -0.2) is 25.8 Å². The molecule has 0 aromatic heterocycles. The number of nitrogens with one attached hydrogen (secondary N) is 1. The number of rotatable bonds is 12. The van der Waals surface area contributed by atoms with Crippen molar-refractivity contribution in [2.45, 2.75) is 72.3 Å². The van der Waals surface area contributed by atoms with Crippen LogP contribution in [0.1, 0.15) is 66.2 Å². The van der Waals surface area contributed by atoms with Crippen molar-refractivity contribution < 1.29 is 4.74 Å². The average Bonchev–Trinajstić information content (AvgIpc) is 2.30. The van der Waals surface area contributed by atoms with Gasteiger partial charge in [0.2, 0.25) is 0 Å². The molecule has 2 nitrogen and oxygen atoms in total. The molecule has 0 fully saturated rings. The Morgan fingerprint density at radius 1 is 0.941 bits per heavy atom. The topological polar surface area (TPSA) is 21.3 Å². The van der Waals surface area contributed by atoms with Gasteiger partial charge in [0.15, 0.2) is 0 Å². The summed E-state index contributed by atoms with van der Waals surface area (Å²) in [6.07, 6.45) is 8.11. The van der Waals surface area contributed by atoms with Crippen LogP contribution >= 0.6 is 0 Å². The Morgan fingerprint density at radius 2 is 1.65 bits per heavy atom. The molecule has 0 aliphatic rings. The monoisotopic (exact) mass is 243 g/mol. The summed E-state index contributed by atoms with van der Waals surface area (Å²) in [4.78, 5) is 0. The van der Waals surface area contributed by atoms with Gasteiger partial charge in [-0.2, -0.15) is 0 Å². The summed E-state index contributed by atoms with van der Waals surface area (Å²) in [7, 11) is 0. The summed E-state index contributed by atoms with van der Waals surface area (Å²) < 4.78 is 5.89. The molecule has 0 aromatic carbocycles. The minimum atomic E-state index is 0.403. The van der Waals surface area contributed by atoms with E-state index in [0.717, 1.165) is 32.0 Å². The molecule has 0 bridgehead atoms. The van der Waals surface area contributed by atoms with Crippen LogP contribution in [-0.2, 0) is 4.74 Å². The third kappa shape index (κ3) is 12.2. The Labute approximate surface area is 109 Å². The second-order valence-corrected chi connectivity index (χ2v) is 5.37. The highest BCUT2D eigenvalue weighted by atomic mass is 16.5. The lowest BCUT2D eigenvalue weighted by atomic mass is 10.1. The van der Waals surface area contributed by atoms with E-state index in [1.165, 1.54) is 32.1 Å². The van der Waals surface area contributed by atoms with E-state index in [0.29, 0.717) is 6.10 Å². The molecule has 0 rings (SSSR count). The molecule has 0 saturated heterocycles. The molecule has 104 valence electrons. The lowest BCUT2D eigenvalue weighted by Crippen LogP contribution is -2.31. The van der Waals surface area contributed by atoms with Crippen molar-refractivity contribution in [1.29, 1.82) is 0 Å². The minimum absolute atomic E-state index is 0.403. The normalized spacial score (nSPS) is 13.2. The van der Waals surface area contributed by atoms with Gasteiger partial charge in [-0.15, -0.1) is 0 Å². The van der Waals surface area contributed by atoms with E-state index in [1.54, 1.807) is 0 Å². The predicted octanol–water partition coefficient (Wildman–Crippen LogP) is 4.00. The third-order valence-corrected chi connectivity index (χ3v) is 2.98. The van der Waals surface area contributed by atoms with Gasteiger partial charge in [-0.1, -0.05) is 53.4 Å². The van der Waals surface area contributed by atoms with Gasteiger partial charge in [0.25, 0.3) is 0 Å². The van der Waals surface area contributed by atoms with Crippen LogP contribution in [0, 0.1) is 5.92 Å². The first-order valence-corrected chi connectivity index (χ1v) is 7.53. The van der Waals surface area contributed by atoms with E-state index >= 15 is 0 Å². The molecule has 1 atom stereocenters. The Morgan fingerprint density at radius 3 is 2.24 bits per heavy atom. The summed E-state index contributed by atoms with van der Waals surface area (Å²) in [5, 5.41) is 3.47. The first-order chi connectivity index (χ1) is 8.20. The van der Waals surface area contributed by atoms with Crippen LogP contribution in [0.4, 0.5) is 0 Å². The SMILES string of the molecule is CCCCCCCOC(CC)CNCC(C)C. The highest BCUT2D eigenvalue weighted by molar-refractivity contribution is 4.61. The zero-order valence-corrected chi connectivity index (χ0v) is 12.4. The zero-order chi connectivity index (χ0) is 12.9. The van der Waals surface area contributed by atoms with Gasteiger partial charge in [0.1, 0.15) is 0 Å². The molecule has 0 saturated carbocycles. The fourth-order valence-corrected chi connectivity index (χ4v) is 1.81. The van der Waals surface area contributed by atoms with Gasteiger partial charge in [-0.3, -0.25) is 0 Å². The lowest BCUT2D eigenvalue weighted by molar-refractivity contribution is 0.0478. The van der Waals surface area contributed by atoms with Gasteiger partial charge in [0.05, 0.1) is 6.10 Å². The molecule has 0 amide bonds. The van der Waals surface area contributed by atoms with Crippen molar-refractivity contribution in [2.24, 2.45) is 5.92 Å². The van der Waals surface area contributed by atoms with Gasteiger partial charge in [0, 0.05) is 13.2 Å². The predicted molar refractivity (Wildman–Crippen MR) is 76.5 cm³/mol. The summed E-state index contributed by atoms with van der Waals surface area (Å²) in [5.74, 6) is 0.724. The van der Waals surface area contributed by atoms with Crippen molar-refractivity contribution in [1.82, 2.24) is 5.32 Å². The molecule has 2 heteroatoms. The maximum Gasteiger partial charge on any atom is 0.0696 e. The molecule has 0 radical (unpaired) electrons. The van der Waals surface area contributed by atoms with Crippen molar-refractivity contribution >= 4 is 0 Å². The average molecular weight is 243 g/mol. The van der Waals surface area contributed by atoms with Crippen molar-refractivity contribution in [3.8, 4) is 0 Å². The molecule has 0 heterocycles. The molecular formula is C15H33NO. The molecule has 1 unspecified atom stereocenters. The van der Waals surface area contributed by atoms with E-state index in [2.05, 4.69) is 33.0 Å². The first-order valence-electron chi connectivity index (χ1n) is 7.53. The maximum absolute atomic E-state index is 5.89. The molecule has 0 aliphatic heterocycles. The summed E-state index contributed by atoms with van der Waals surface area (Å²) in [6, 6.07) is 0. The van der Waals surface area contributed by atoms with Crippen LogP contribution in [0.2, 0.25) is 0 Å². The van der Waals surface area contributed by atoms with E-state index in [-0.39, 0.29) is 0 Å². The van der Waals surface area contributed by atoms with Gasteiger partial charge in [-0.25, -0.2) is 0 Å². The molecular weight excluding hydrogens is 210 g/mol. The zero-order valence-electron chi connectivity index (χ0n) is 12.4. The second-order valence-electron chi connectivity index (χ2n) is 5.37. The number of unbranched alkanes of at least 4 members (excludes halogenated alkanes) is 4. The van der Waals surface area contributed by atoms with Crippen molar-refractivity contribution in [2.75, 3.05) is 19.7 Å². The first kappa shape index (κ1) is 16.9. The van der Waals surface area contributed by atoms with Crippen molar-refractivity contribution in [3.63, 3.8) is 0 Å². The second kappa shape index (κ2) is 12.4. The highest BCUT2D eigenvalue weighted by Gasteiger charge is 2.05. The van der Waals surface area contributed by atoms with Crippen LogP contribution in [0.25, 0.3) is 0 Å². The summed E-state index contributed by atoms with van der Waals surface area (Å²) in [6.45, 7) is 12.0. The van der Waals surface area contributed by atoms with Crippen LogP contribution in [0.15, 0.2) is 0 Å². The highest BCUT2D eigenvalue weighted by Crippen LogP contribution is 2.04. The third-order valence-electron chi connectivity index (χ3n) is 2.98.